The molecule has 0 unspecified atom stereocenters. The van der Waals surface area contributed by atoms with E-state index in [0.29, 0.717) is 0 Å². The summed E-state index contributed by atoms with van der Waals surface area (Å²) in [5.74, 6) is 0. The lowest BCUT2D eigenvalue weighted by Crippen LogP contribution is -2.26. The molecule has 14 rings (SSSR count). The van der Waals surface area contributed by atoms with Crippen LogP contribution in [-0.4, -0.2) is 0 Å². The van der Waals surface area contributed by atoms with E-state index < -0.39 is 5.41 Å². The van der Waals surface area contributed by atoms with Crippen LogP contribution < -0.4 is 4.90 Å². The average molecular weight is 816 g/mol. The van der Waals surface area contributed by atoms with Gasteiger partial charge in [-0.1, -0.05) is 176 Å². The van der Waals surface area contributed by atoms with Crippen molar-refractivity contribution in [2.24, 2.45) is 0 Å². The van der Waals surface area contributed by atoms with E-state index in [-0.39, 0.29) is 0 Å². The van der Waals surface area contributed by atoms with Crippen molar-refractivity contribution in [3.8, 4) is 33.4 Å². The maximum atomic E-state index is 2.58. The van der Waals surface area contributed by atoms with Crippen molar-refractivity contribution in [3.63, 3.8) is 0 Å². The highest BCUT2D eigenvalue weighted by molar-refractivity contribution is 7.25. The minimum Gasteiger partial charge on any atom is -0.310 e. The second-order valence-electron chi connectivity index (χ2n) is 17.1. The van der Waals surface area contributed by atoms with Gasteiger partial charge in [-0.2, -0.15) is 0 Å². The van der Waals surface area contributed by atoms with Gasteiger partial charge in [0, 0.05) is 37.1 Å². The van der Waals surface area contributed by atoms with Crippen LogP contribution >= 0.6 is 11.3 Å². The molecule has 0 bridgehead atoms. The van der Waals surface area contributed by atoms with E-state index in [0.717, 1.165) is 17.1 Å². The van der Waals surface area contributed by atoms with Gasteiger partial charge in [-0.25, -0.2) is 0 Å². The molecule has 0 fully saturated rings. The Balaban J connectivity index is 1.15. The minimum absolute atomic E-state index is 0.492. The maximum absolute atomic E-state index is 2.58. The number of para-hydroxylation sites is 1. The highest BCUT2D eigenvalue weighted by atomic mass is 32.1. The fourth-order valence-corrected chi connectivity index (χ4v) is 12.7. The third kappa shape index (κ3) is 4.71. The molecule has 11 aromatic carbocycles. The van der Waals surface area contributed by atoms with Gasteiger partial charge in [-0.15, -0.1) is 11.3 Å². The van der Waals surface area contributed by atoms with E-state index in [1.54, 1.807) is 0 Å². The lowest BCUT2D eigenvalue weighted by molar-refractivity contribution is 0.794. The van der Waals surface area contributed by atoms with E-state index in [1.807, 2.05) is 11.3 Å². The third-order valence-corrected chi connectivity index (χ3v) is 15.2. The molecule has 0 saturated heterocycles. The molecule has 0 N–H and O–H groups in total. The Hall–Kier alpha value is -7.78. The number of benzene rings is 11. The molecular formula is C61H37NS. The zero-order chi connectivity index (χ0) is 41.2. The fourth-order valence-electron chi connectivity index (χ4n) is 11.6. The van der Waals surface area contributed by atoms with Crippen LogP contribution in [0.15, 0.2) is 224 Å². The van der Waals surface area contributed by atoms with Crippen molar-refractivity contribution in [2.75, 3.05) is 4.90 Å². The molecule has 1 spiro atoms. The Labute approximate surface area is 369 Å². The highest BCUT2D eigenvalue weighted by Gasteiger charge is 2.52. The Morgan fingerprint density at radius 3 is 1.43 bits per heavy atom. The first-order chi connectivity index (χ1) is 31.3. The molecule has 12 aromatic rings. The van der Waals surface area contributed by atoms with Gasteiger partial charge in [0.2, 0.25) is 0 Å². The molecule has 2 aliphatic rings. The van der Waals surface area contributed by atoms with Crippen LogP contribution in [0.3, 0.4) is 0 Å². The monoisotopic (exact) mass is 815 g/mol. The summed E-state index contributed by atoms with van der Waals surface area (Å²) in [7, 11) is 0. The molecule has 1 nitrogen and oxygen atoms in total. The molecule has 2 heteroatoms. The summed E-state index contributed by atoms with van der Waals surface area (Å²) in [4.78, 5) is 2.54. The van der Waals surface area contributed by atoms with E-state index in [9.17, 15) is 0 Å². The molecule has 0 atom stereocenters. The second kappa shape index (κ2) is 13.1. The Bertz CT molecular complexity index is 3790. The number of thiophene rings is 1. The molecule has 0 radical (unpaired) electrons. The smallest absolute Gasteiger partial charge is 0.0726 e. The van der Waals surface area contributed by atoms with Crippen LogP contribution in [0.2, 0.25) is 0 Å². The number of anilines is 3. The third-order valence-electron chi connectivity index (χ3n) is 14.0. The van der Waals surface area contributed by atoms with Gasteiger partial charge in [0.05, 0.1) is 11.1 Å². The summed E-state index contributed by atoms with van der Waals surface area (Å²) < 4.78 is 2.60. The normalized spacial score (nSPS) is 13.2. The van der Waals surface area contributed by atoms with Crippen molar-refractivity contribution in [1.29, 1.82) is 0 Å². The van der Waals surface area contributed by atoms with Gasteiger partial charge in [0.1, 0.15) is 0 Å². The predicted octanol–water partition coefficient (Wildman–Crippen LogP) is 17.0. The lowest BCUT2D eigenvalue weighted by atomic mass is 9.70. The minimum atomic E-state index is -0.492. The van der Waals surface area contributed by atoms with E-state index in [4.69, 9.17) is 0 Å². The Morgan fingerprint density at radius 2 is 0.778 bits per heavy atom. The van der Waals surface area contributed by atoms with Crippen LogP contribution in [-0.2, 0) is 5.41 Å². The number of nitrogens with zero attached hydrogens (tertiary/aromatic N) is 1. The summed E-state index contributed by atoms with van der Waals surface area (Å²) in [6.45, 7) is 0. The molecule has 0 aliphatic heterocycles. The first-order valence-electron chi connectivity index (χ1n) is 21.8. The lowest BCUT2D eigenvalue weighted by Gasteiger charge is -2.33. The topological polar surface area (TPSA) is 3.24 Å². The average Bonchev–Trinajstić information content (AvgIpc) is 3.98. The maximum Gasteiger partial charge on any atom is 0.0726 e. The quantitative estimate of drug-likeness (QED) is 0.160. The number of fused-ring (bicyclic) bond motifs is 19. The fraction of sp³-hybridized carbons (Fsp3) is 0.0164. The van der Waals surface area contributed by atoms with E-state index in [2.05, 4.69) is 229 Å². The molecule has 63 heavy (non-hydrogen) atoms. The SMILES string of the molecule is c1ccc(N(c2ccc3c4ccccc4c4ccccc4c3c2)c2cc3c(cc2-c2cccc4sc5ccccc5c24)-c2ccccc2C32c3ccccc3-c3ccccc32)cc1. The number of hydrogen-bond acceptors (Lipinski definition) is 2. The summed E-state index contributed by atoms with van der Waals surface area (Å²) in [6.07, 6.45) is 0. The standard InChI is InChI=1S/C61H37NS/c1-2-17-38(18-3-1)62(39-33-34-44-42-21-5-4-19-40(42)41-20-6-7-22-43(41)50(44)35-39)57-37-56-51(36-52(57)48-27-16-32-59-60(48)49-26-11-15-31-58(49)63-59)47-25-10-14-30-55(47)61(56)53-28-12-8-23-45(53)46-24-9-13-29-54(46)61/h1-37H. The van der Waals surface area contributed by atoms with Crippen LogP contribution in [0.1, 0.15) is 22.3 Å². The molecule has 0 saturated carbocycles. The Morgan fingerprint density at radius 1 is 0.286 bits per heavy atom. The van der Waals surface area contributed by atoms with Gasteiger partial charge in [0.25, 0.3) is 0 Å². The summed E-state index contributed by atoms with van der Waals surface area (Å²) in [5, 5.41) is 10.2. The molecule has 292 valence electrons. The zero-order valence-electron chi connectivity index (χ0n) is 34.2. The summed E-state index contributed by atoms with van der Waals surface area (Å²) >= 11 is 1.88. The van der Waals surface area contributed by atoms with Crippen molar-refractivity contribution in [1.82, 2.24) is 0 Å². The second-order valence-corrected chi connectivity index (χ2v) is 18.2. The first-order valence-corrected chi connectivity index (χ1v) is 22.7. The van der Waals surface area contributed by atoms with Crippen molar-refractivity contribution in [2.45, 2.75) is 5.41 Å². The molecule has 1 heterocycles. The summed E-state index contributed by atoms with van der Waals surface area (Å²) in [5.41, 5.74) is 15.9. The van der Waals surface area contributed by atoms with E-state index >= 15 is 0 Å². The van der Waals surface area contributed by atoms with Crippen LogP contribution in [0, 0.1) is 0 Å². The van der Waals surface area contributed by atoms with Crippen molar-refractivity contribution in [3.05, 3.63) is 247 Å². The molecule has 0 amide bonds. The summed E-state index contributed by atoms with van der Waals surface area (Å²) in [6, 6.07) is 84.3. The first kappa shape index (κ1) is 34.9. The van der Waals surface area contributed by atoms with Crippen LogP contribution in [0.5, 0.6) is 0 Å². The van der Waals surface area contributed by atoms with E-state index in [1.165, 1.54) is 108 Å². The van der Waals surface area contributed by atoms with Crippen molar-refractivity contribution < 1.29 is 0 Å². The van der Waals surface area contributed by atoms with Gasteiger partial charge in [-0.3, -0.25) is 0 Å². The van der Waals surface area contributed by atoms with Crippen molar-refractivity contribution >= 4 is 80.9 Å². The largest absolute Gasteiger partial charge is 0.310 e. The zero-order valence-corrected chi connectivity index (χ0v) is 35.0. The molecule has 1 aromatic heterocycles. The van der Waals surface area contributed by atoms with Gasteiger partial charge < -0.3 is 4.90 Å². The van der Waals surface area contributed by atoms with Gasteiger partial charge in [0.15, 0.2) is 0 Å². The Kier molecular flexibility index (Phi) is 7.26. The van der Waals surface area contributed by atoms with Crippen LogP contribution in [0.4, 0.5) is 17.1 Å². The van der Waals surface area contributed by atoms with Crippen LogP contribution in [0.25, 0.3) is 85.9 Å². The van der Waals surface area contributed by atoms with Gasteiger partial charge in [-0.05, 0) is 131 Å². The number of rotatable bonds is 4. The number of hydrogen-bond donors (Lipinski definition) is 0. The predicted molar refractivity (Wildman–Crippen MR) is 268 cm³/mol. The highest BCUT2D eigenvalue weighted by Crippen LogP contribution is 2.64. The molecule has 2 aliphatic carbocycles. The molecular weight excluding hydrogens is 779 g/mol. The van der Waals surface area contributed by atoms with Gasteiger partial charge >= 0.3 is 0 Å².